The average Bonchev–Trinajstić information content (AvgIpc) is 2.77. The summed E-state index contributed by atoms with van der Waals surface area (Å²) < 4.78 is 0. The van der Waals surface area contributed by atoms with Gasteiger partial charge in [-0.05, 0) is 24.6 Å². The molecule has 0 aromatic heterocycles. The van der Waals surface area contributed by atoms with Crippen molar-refractivity contribution in [1.82, 2.24) is 0 Å². The van der Waals surface area contributed by atoms with Gasteiger partial charge in [-0.2, -0.15) is 0 Å². The van der Waals surface area contributed by atoms with Gasteiger partial charge in [-0.1, -0.05) is 54.1 Å². The molecule has 1 amide bonds. The molecule has 2 aromatic rings. The van der Waals surface area contributed by atoms with E-state index in [1.54, 1.807) is 11.8 Å². The van der Waals surface area contributed by atoms with Crippen LogP contribution in [0.4, 0.5) is 5.69 Å². The molecule has 1 aliphatic rings. The molecule has 0 spiro atoms. The van der Waals surface area contributed by atoms with Crippen LogP contribution in [0.3, 0.4) is 0 Å². The Labute approximate surface area is 127 Å². The van der Waals surface area contributed by atoms with Gasteiger partial charge in [0.25, 0.3) is 0 Å². The molecule has 0 N–H and O–H groups in total. The van der Waals surface area contributed by atoms with Crippen LogP contribution in [0.25, 0.3) is 0 Å². The maximum Gasteiger partial charge on any atom is 0.241 e. The van der Waals surface area contributed by atoms with Crippen molar-refractivity contribution in [2.24, 2.45) is 0 Å². The van der Waals surface area contributed by atoms with Crippen LogP contribution in [-0.2, 0) is 4.79 Å². The number of rotatable bonds is 2. The Morgan fingerprint density at radius 3 is 2.40 bits per heavy atom. The lowest BCUT2D eigenvalue weighted by Gasteiger charge is -2.25. The Morgan fingerprint density at radius 2 is 1.70 bits per heavy atom. The first-order valence-corrected chi connectivity index (χ1v) is 7.78. The minimum absolute atomic E-state index is 0.0152. The van der Waals surface area contributed by atoms with Crippen LogP contribution < -0.4 is 4.90 Å². The molecule has 1 aliphatic heterocycles. The Bertz CT molecular complexity index is 631. The van der Waals surface area contributed by atoms with E-state index in [-0.39, 0.29) is 16.5 Å². The van der Waals surface area contributed by atoms with E-state index in [2.05, 4.69) is 0 Å². The number of nitrogens with zero attached hydrogens (tertiary/aromatic N) is 1. The zero-order chi connectivity index (χ0) is 14.1. The SMILES string of the molecule is CC1SC(c2ccccc2)N(c2ccccc2Cl)C1=O. The molecule has 1 saturated heterocycles. The van der Waals surface area contributed by atoms with Crippen molar-refractivity contribution in [2.75, 3.05) is 4.90 Å². The predicted octanol–water partition coefficient (Wildman–Crippen LogP) is 4.51. The van der Waals surface area contributed by atoms with Gasteiger partial charge in [-0.15, -0.1) is 11.8 Å². The van der Waals surface area contributed by atoms with E-state index in [4.69, 9.17) is 11.6 Å². The van der Waals surface area contributed by atoms with E-state index in [1.807, 2.05) is 66.4 Å². The first-order valence-electron chi connectivity index (χ1n) is 6.46. The van der Waals surface area contributed by atoms with Crippen LogP contribution in [0.1, 0.15) is 17.9 Å². The summed E-state index contributed by atoms with van der Waals surface area (Å²) in [6, 6.07) is 17.6. The van der Waals surface area contributed by atoms with Crippen molar-refractivity contribution >= 4 is 35.0 Å². The number of benzene rings is 2. The second kappa shape index (κ2) is 5.51. The fourth-order valence-corrected chi connectivity index (χ4v) is 3.86. The van der Waals surface area contributed by atoms with Gasteiger partial charge in [0.05, 0.1) is 16.0 Å². The number of anilines is 1. The standard InChI is InChI=1S/C16H14ClNOS/c1-11-15(19)18(14-10-6-5-9-13(14)17)16(20-11)12-7-3-2-4-8-12/h2-11,16H,1H3. The highest BCUT2D eigenvalue weighted by Crippen LogP contribution is 2.46. The summed E-state index contributed by atoms with van der Waals surface area (Å²) in [7, 11) is 0. The van der Waals surface area contributed by atoms with Crippen LogP contribution >= 0.6 is 23.4 Å². The van der Waals surface area contributed by atoms with Crippen molar-refractivity contribution in [1.29, 1.82) is 0 Å². The molecule has 0 radical (unpaired) electrons. The number of halogens is 1. The Morgan fingerprint density at radius 1 is 1.05 bits per heavy atom. The highest BCUT2D eigenvalue weighted by molar-refractivity contribution is 8.01. The molecule has 0 bridgehead atoms. The van der Waals surface area contributed by atoms with E-state index in [0.29, 0.717) is 5.02 Å². The van der Waals surface area contributed by atoms with Crippen LogP contribution in [0.5, 0.6) is 0 Å². The third-order valence-electron chi connectivity index (χ3n) is 3.35. The second-order valence-corrected chi connectivity index (χ2v) is 6.53. The summed E-state index contributed by atoms with van der Waals surface area (Å²) in [5, 5.41) is 0.534. The van der Waals surface area contributed by atoms with Gasteiger partial charge in [-0.25, -0.2) is 0 Å². The van der Waals surface area contributed by atoms with E-state index in [9.17, 15) is 4.79 Å². The monoisotopic (exact) mass is 303 g/mol. The zero-order valence-corrected chi connectivity index (χ0v) is 12.6. The fourth-order valence-electron chi connectivity index (χ4n) is 2.36. The number of amides is 1. The molecular weight excluding hydrogens is 290 g/mol. The summed E-state index contributed by atoms with van der Waals surface area (Å²) >= 11 is 7.92. The first-order chi connectivity index (χ1) is 9.68. The molecule has 102 valence electrons. The number of hydrogen-bond acceptors (Lipinski definition) is 2. The molecule has 2 aromatic carbocycles. The van der Waals surface area contributed by atoms with Gasteiger partial charge in [-0.3, -0.25) is 9.69 Å². The first kappa shape index (κ1) is 13.5. The van der Waals surface area contributed by atoms with Crippen molar-refractivity contribution < 1.29 is 4.79 Å². The number of hydrogen-bond donors (Lipinski definition) is 0. The lowest BCUT2D eigenvalue weighted by molar-refractivity contribution is -0.117. The lowest BCUT2D eigenvalue weighted by atomic mass is 10.2. The van der Waals surface area contributed by atoms with Crippen LogP contribution in [0, 0.1) is 0 Å². The minimum Gasteiger partial charge on any atom is -0.293 e. The summed E-state index contributed by atoms with van der Waals surface area (Å²) in [6.07, 6.45) is 0. The maximum absolute atomic E-state index is 12.5. The number of thioether (sulfide) groups is 1. The van der Waals surface area contributed by atoms with E-state index in [0.717, 1.165) is 11.3 Å². The summed E-state index contributed by atoms with van der Waals surface area (Å²) in [5.74, 6) is 0.108. The quantitative estimate of drug-likeness (QED) is 0.813. The van der Waals surface area contributed by atoms with Crippen molar-refractivity contribution in [3.8, 4) is 0 Å². The summed E-state index contributed by atoms with van der Waals surface area (Å²) in [5.41, 5.74) is 1.90. The van der Waals surface area contributed by atoms with Gasteiger partial charge in [0.1, 0.15) is 5.37 Å². The highest BCUT2D eigenvalue weighted by atomic mass is 35.5. The van der Waals surface area contributed by atoms with Gasteiger partial charge in [0, 0.05) is 0 Å². The molecule has 1 heterocycles. The Kier molecular flexibility index (Phi) is 3.72. The zero-order valence-electron chi connectivity index (χ0n) is 11.0. The largest absolute Gasteiger partial charge is 0.293 e. The Balaban J connectivity index is 2.06. The van der Waals surface area contributed by atoms with Crippen LogP contribution in [0.2, 0.25) is 5.02 Å². The molecule has 2 unspecified atom stereocenters. The van der Waals surface area contributed by atoms with E-state index >= 15 is 0 Å². The molecule has 2 nitrogen and oxygen atoms in total. The third kappa shape index (κ3) is 2.32. The van der Waals surface area contributed by atoms with E-state index in [1.165, 1.54) is 0 Å². The second-order valence-electron chi connectivity index (χ2n) is 4.70. The summed E-state index contributed by atoms with van der Waals surface area (Å²) in [6.45, 7) is 1.94. The highest BCUT2D eigenvalue weighted by Gasteiger charge is 2.40. The lowest BCUT2D eigenvalue weighted by Crippen LogP contribution is -2.30. The molecule has 20 heavy (non-hydrogen) atoms. The molecule has 1 fully saturated rings. The molecule has 2 atom stereocenters. The molecule has 0 saturated carbocycles. The smallest absolute Gasteiger partial charge is 0.241 e. The van der Waals surface area contributed by atoms with Crippen LogP contribution in [-0.4, -0.2) is 11.2 Å². The average molecular weight is 304 g/mol. The topological polar surface area (TPSA) is 20.3 Å². The maximum atomic E-state index is 12.5. The van der Waals surface area contributed by atoms with Gasteiger partial charge < -0.3 is 0 Å². The normalized spacial score (nSPS) is 22.3. The van der Waals surface area contributed by atoms with Crippen LogP contribution in [0.15, 0.2) is 54.6 Å². The summed E-state index contributed by atoms with van der Waals surface area (Å²) in [4.78, 5) is 14.3. The van der Waals surface area contributed by atoms with Crippen molar-refractivity contribution in [3.63, 3.8) is 0 Å². The number of carbonyl (C=O) groups excluding carboxylic acids is 1. The number of carbonyl (C=O) groups is 1. The fraction of sp³-hybridized carbons (Fsp3) is 0.188. The molecule has 4 heteroatoms. The number of para-hydroxylation sites is 1. The Hall–Kier alpha value is -1.45. The molecular formula is C16H14ClNOS. The molecule has 0 aliphatic carbocycles. The van der Waals surface area contributed by atoms with Crippen molar-refractivity contribution in [2.45, 2.75) is 17.5 Å². The molecule has 3 rings (SSSR count). The van der Waals surface area contributed by atoms with Gasteiger partial charge in [0.15, 0.2) is 0 Å². The predicted molar refractivity (Wildman–Crippen MR) is 85.2 cm³/mol. The third-order valence-corrected chi connectivity index (χ3v) is 5.02. The van der Waals surface area contributed by atoms with Crippen molar-refractivity contribution in [3.05, 3.63) is 65.2 Å². The van der Waals surface area contributed by atoms with Gasteiger partial charge >= 0.3 is 0 Å². The minimum atomic E-state index is -0.0588. The van der Waals surface area contributed by atoms with Gasteiger partial charge in [0.2, 0.25) is 5.91 Å². The van der Waals surface area contributed by atoms with E-state index < -0.39 is 0 Å².